The lowest BCUT2D eigenvalue weighted by molar-refractivity contribution is -0.387. The zero-order chi connectivity index (χ0) is 13.7. The quantitative estimate of drug-likeness (QED) is 0.664. The predicted molar refractivity (Wildman–Crippen MR) is 75.6 cm³/mol. The molecule has 0 bridgehead atoms. The molecule has 1 fully saturated rings. The number of hydrogen-bond acceptors (Lipinski definition) is 5. The summed E-state index contributed by atoms with van der Waals surface area (Å²) < 4.78 is 5.50. The Bertz CT molecular complexity index is 440. The van der Waals surface area contributed by atoms with Crippen molar-refractivity contribution in [2.24, 2.45) is 0 Å². The van der Waals surface area contributed by atoms with Crippen molar-refractivity contribution in [2.45, 2.75) is 29.5 Å². The van der Waals surface area contributed by atoms with Gasteiger partial charge in [0.05, 0.1) is 16.4 Å². The van der Waals surface area contributed by atoms with Crippen LogP contribution in [-0.4, -0.2) is 36.0 Å². The number of rotatable bonds is 5. The zero-order valence-corrected chi connectivity index (χ0v) is 11.7. The summed E-state index contributed by atoms with van der Waals surface area (Å²) in [6, 6.07) is 7.24. The molecule has 2 unspecified atom stereocenters. The van der Waals surface area contributed by atoms with Crippen LogP contribution in [0.1, 0.15) is 13.3 Å². The number of thioether (sulfide) groups is 1. The third-order valence-corrected chi connectivity index (χ3v) is 4.48. The molecule has 1 aliphatic rings. The first-order valence-electron chi connectivity index (χ1n) is 6.43. The Morgan fingerprint density at radius 2 is 2.32 bits per heavy atom. The number of nitro benzene ring substituents is 1. The lowest BCUT2D eigenvalue weighted by atomic mass is 10.1. The van der Waals surface area contributed by atoms with Crippen LogP contribution < -0.4 is 5.32 Å². The van der Waals surface area contributed by atoms with Gasteiger partial charge in [0, 0.05) is 24.0 Å². The highest BCUT2D eigenvalue weighted by atomic mass is 32.2. The van der Waals surface area contributed by atoms with Crippen LogP contribution in [0, 0.1) is 10.1 Å². The Balaban J connectivity index is 2.12. The molecule has 0 radical (unpaired) electrons. The van der Waals surface area contributed by atoms with Gasteiger partial charge in [-0.05, 0) is 19.0 Å². The van der Waals surface area contributed by atoms with E-state index in [4.69, 9.17) is 4.74 Å². The van der Waals surface area contributed by atoms with Gasteiger partial charge in [0.15, 0.2) is 0 Å². The standard InChI is InChI=1S/C13H18N2O3S/c1-2-14-10-7-8-18-9-13(10)19-12-6-4-3-5-11(12)15(16)17/h3-6,10,13-14H,2,7-9H2,1H3. The Morgan fingerprint density at radius 1 is 1.53 bits per heavy atom. The lowest BCUT2D eigenvalue weighted by Crippen LogP contribution is -2.44. The van der Waals surface area contributed by atoms with Gasteiger partial charge >= 0.3 is 0 Å². The molecule has 1 heterocycles. The fraction of sp³-hybridized carbons (Fsp3) is 0.538. The van der Waals surface area contributed by atoms with Crippen molar-refractivity contribution >= 4 is 17.4 Å². The van der Waals surface area contributed by atoms with Crippen molar-refractivity contribution in [1.29, 1.82) is 0 Å². The maximum absolute atomic E-state index is 11.0. The number of benzene rings is 1. The van der Waals surface area contributed by atoms with E-state index in [1.807, 2.05) is 6.07 Å². The highest BCUT2D eigenvalue weighted by Gasteiger charge is 2.28. The Kier molecular flexibility index (Phi) is 5.18. The summed E-state index contributed by atoms with van der Waals surface area (Å²) in [5, 5.41) is 14.7. The summed E-state index contributed by atoms with van der Waals surface area (Å²) in [7, 11) is 0. The number of nitro groups is 1. The average Bonchev–Trinajstić information content (AvgIpc) is 2.42. The average molecular weight is 282 g/mol. The molecule has 1 N–H and O–H groups in total. The molecule has 0 aromatic heterocycles. The Morgan fingerprint density at radius 3 is 3.05 bits per heavy atom. The number of ether oxygens (including phenoxy) is 1. The number of hydrogen-bond donors (Lipinski definition) is 1. The first-order valence-corrected chi connectivity index (χ1v) is 7.31. The van der Waals surface area contributed by atoms with Crippen molar-refractivity contribution in [3.63, 3.8) is 0 Å². The molecule has 6 heteroatoms. The van der Waals surface area contributed by atoms with Gasteiger partial charge in [-0.25, -0.2) is 0 Å². The minimum Gasteiger partial charge on any atom is -0.380 e. The van der Waals surface area contributed by atoms with Gasteiger partial charge in [-0.15, -0.1) is 11.8 Å². The van der Waals surface area contributed by atoms with Gasteiger partial charge in [0.2, 0.25) is 0 Å². The highest BCUT2D eigenvalue weighted by Crippen LogP contribution is 2.34. The summed E-state index contributed by atoms with van der Waals surface area (Å²) in [4.78, 5) is 11.4. The first kappa shape index (κ1) is 14.3. The third kappa shape index (κ3) is 3.68. The second-order valence-electron chi connectivity index (χ2n) is 4.41. The Hall–Kier alpha value is -1.11. The molecule has 0 saturated carbocycles. The Labute approximate surface area is 116 Å². The number of nitrogens with zero attached hydrogens (tertiary/aromatic N) is 1. The molecule has 0 amide bonds. The first-order chi connectivity index (χ1) is 9.22. The maximum Gasteiger partial charge on any atom is 0.282 e. The van der Waals surface area contributed by atoms with Gasteiger partial charge in [0.25, 0.3) is 5.69 Å². The van der Waals surface area contributed by atoms with Crippen LogP contribution in [0.2, 0.25) is 0 Å². The fourth-order valence-corrected chi connectivity index (χ4v) is 3.50. The lowest BCUT2D eigenvalue weighted by Gasteiger charge is -2.31. The summed E-state index contributed by atoms with van der Waals surface area (Å²) in [5.74, 6) is 0. The van der Waals surface area contributed by atoms with Crippen LogP contribution in [0.3, 0.4) is 0 Å². The van der Waals surface area contributed by atoms with E-state index in [9.17, 15) is 10.1 Å². The van der Waals surface area contributed by atoms with Crippen LogP contribution in [0.4, 0.5) is 5.69 Å². The topological polar surface area (TPSA) is 64.4 Å². The summed E-state index contributed by atoms with van der Waals surface area (Å²) >= 11 is 1.54. The molecule has 1 aliphatic heterocycles. The van der Waals surface area contributed by atoms with E-state index in [0.717, 1.165) is 19.6 Å². The van der Waals surface area contributed by atoms with Crippen molar-refractivity contribution in [3.05, 3.63) is 34.4 Å². The summed E-state index contributed by atoms with van der Waals surface area (Å²) in [5.41, 5.74) is 0.174. The van der Waals surface area contributed by atoms with E-state index in [1.165, 1.54) is 11.8 Å². The number of para-hydroxylation sites is 1. The van der Waals surface area contributed by atoms with E-state index in [-0.39, 0.29) is 15.9 Å². The minimum atomic E-state index is -0.325. The third-order valence-electron chi connectivity index (χ3n) is 3.11. The normalized spacial score (nSPS) is 23.2. The largest absolute Gasteiger partial charge is 0.380 e. The molecule has 104 valence electrons. The molecule has 1 saturated heterocycles. The monoisotopic (exact) mass is 282 g/mol. The SMILES string of the molecule is CCNC1CCOCC1Sc1ccccc1[N+](=O)[O-]. The minimum absolute atomic E-state index is 0.174. The fourth-order valence-electron chi connectivity index (χ4n) is 2.19. The van der Waals surface area contributed by atoms with Gasteiger partial charge in [-0.1, -0.05) is 19.1 Å². The van der Waals surface area contributed by atoms with Crippen LogP contribution in [0.25, 0.3) is 0 Å². The predicted octanol–water partition coefficient (Wildman–Crippen LogP) is 2.45. The second-order valence-corrected chi connectivity index (χ2v) is 5.69. The molecule has 1 aromatic carbocycles. The van der Waals surface area contributed by atoms with Crippen molar-refractivity contribution in [1.82, 2.24) is 5.32 Å². The maximum atomic E-state index is 11.0. The van der Waals surface area contributed by atoms with Gasteiger partial charge in [-0.3, -0.25) is 10.1 Å². The molecule has 19 heavy (non-hydrogen) atoms. The molecular formula is C13H18N2O3S. The molecule has 2 rings (SSSR count). The van der Waals surface area contributed by atoms with E-state index >= 15 is 0 Å². The van der Waals surface area contributed by atoms with Crippen LogP contribution >= 0.6 is 11.8 Å². The van der Waals surface area contributed by atoms with E-state index in [0.29, 0.717) is 17.5 Å². The van der Waals surface area contributed by atoms with Crippen LogP contribution in [0.15, 0.2) is 29.2 Å². The molecule has 0 aliphatic carbocycles. The van der Waals surface area contributed by atoms with Crippen molar-refractivity contribution in [3.8, 4) is 0 Å². The molecule has 0 spiro atoms. The second kappa shape index (κ2) is 6.88. The van der Waals surface area contributed by atoms with Crippen molar-refractivity contribution < 1.29 is 9.66 Å². The smallest absolute Gasteiger partial charge is 0.282 e. The van der Waals surface area contributed by atoms with Crippen LogP contribution in [0.5, 0.6) is 0 Å². The molecular weight excluding hydrogens is 264 g/mol. The number of nitrogens with one attached hydrogen (secondary N) is 1. The van der Waals surface area contributed by atoms with E-state index in [1.54, 1.807) is 18.2 Å². The van der Waals surface area contributed by atoms with Gasteiger partial charge in [-0.2, -0.15) is 0 Å². The van der Waals surface area contributed by atoms with E-state index in [2.05, 4.69) is 12.2 Å². The van der Waals surface area contributed by atoms with E-state index < -0.39 is 0 Å². The van der Waals surface area contributed by atoms with Gasteiger partial charge in [0.1, 0.15) is 0 Å². The van der Waals surface area contributed by atoms with Gasteiger partial charge < -0.3 is 10.1 Å². The molecule has 1 aromatic rings. The molecule has 5 nitrogen and oxygen atoms in total. The van der Waals surface area contributed by atoms with Crippen molar-refractivity contribution in [2.75, 3.05) is 19.8 Å². The zero-order valence-electron chi connectivity index (χ0n) is 10.9. The highest BCUT2D eigenvalue weighted by molar-refractivity contribution is 8.00. The molecule has 2 atom stereocenters. The van der Waals surface area contributed by atoms with Crippen LogP contribution in [-0.2, 0) is 4.74 Å². The summed E-state index contributed by atoms with van der Waals surface area (Å²) in [6.07, 6.45) is 0.951. The summed E-state index contributed by atoms with van der Waals surface area (Å²) in [6.45, 7) is 4.36.